The van der Waals surface area contributed by atoms with Crippen LogP contribution in [0.5, 0.6) is 5.75 Å². The topological polar surface area (TPSA) is 42.0 Å². The number of nitrogens with zero attached hydrogens (tertiary/aromatic N) is 2. The van der Waals surface area contributed by atoms with Crippen LogP contribution in [0.3, 0.4) is 0 Å². The summed E-state index contributed by atoms with van der Waals surface area (Å²) in [7, 11) is 1.67. The molecule has 1 aromatic carbocycles. The van der Waals surface area contributed by atoms with Crippen LogP contribution in [-0.4, -0.2) is 68.8 Å². The van der Waals surface area contributed by atoms with Gasteiger partial charge >= 0.3 is 0 Å². The SMILES string of the molecule is COc1cccc([C@H](C)CC(=O)N2CCN(C[C@@H]3CCOC3)CC2)c1. The lowest BCUT2D eigenvalue weighted by molar-refractivity contribution is -0.133. The summed E-state index contributed by atoms with van der Waals surface area (Å²) < 4.78 is 10.7. The monoisotopic (exact) mass is 346 g/mol. The van der Waals surface area contributed by atoms with Crippen molar-refractivity contribution >= 4 is 5.91 Å². The molecule has 0 unspecified atom stereocenters. The maximum atomic E-state index is 12.6. The zero-order valence-electron chi connectivity index (χ0n) is 15.4. The van der Waals surface area contributed by atoms with Crippen molar-refractivity contribution in [3.05, 3.63) is 29.8 Å². The zero-order chi connectivity index (χ0) is 17.6. The van der Waals surface area contributed by atoms with Crippen molar-refractivity contribution in [3.63, 3.8) is 0 Å². The molecule has 138 valence electrons. The Morgan fingerprint density at radius 1 is 1.32 bits per heavy atom. The molecule has 0 N–H and O–H groups in total. The fraction of sp³-hybridized carbons (Fsp3) is 0.650. The first-order chi connectivity index (χ1) is 12.2. The minimum atomic E-state index is 0.205. The Morgan fingerprint density at radius 2 is 2.12 bits per heavy atom. The van der Waals surface area contributed by atoms with Gasteiger partial charge in [-0.25, -0.2) is 0 Å². The summed E-state index contributed by atoms with van der Waals surface area (Å²) in [5.74, 6) is 1.99. The maximum absolute atomic E-state index is 12.6. The van der Waals surface area contributed by atoms with Crippen LogP contribution in [0.15, 0.2) is 24.3 Å². The van der Waals surface area contributed by atoms with Crippen LogP contribution in [0.2, 0.25) is 0 Å². The first-order valence-electron chi connectivity index (χ1n) is 9.37. The van der Waals surface area contributed by atoms with E-state index < -0.39 is 0 Å². The quantitative estimate of drug-likeness (QED) is 0.793. The third kappa shape index (κ3) is 4.95. The third-order valence-corrected chi connectivity index (χ3v) is 5.41. The molecule has 2 aliphatic heterocycles. The molecule has 0 spiro atoms. The lowest BCUT2D eigenvalue weighted by Crippen LogP contribution is -2.50. The highest BCUT2D eigenvalue weighted by Gasteiger charge is 2.25. The smallest absolute Gasteiger partial charge is 0.223 e. The van der Waals surface area contributed by atoms with Crippen molar-refractivity contribution in [2.75, 3.05) is 53.0 Å². The molecule has 0 aliphatic carbocycles. The predicted octanol–water partition coefficient (Wildman–Crippen LogP) is 2.37. The van der Waals surface area contributed by atoms with E-state index in [1.54, 1.807) is 7.11 Å². The number of carbonyl (C=O) groups is 1. The summed E-state index contributed by atoms with van der Waals surface area (Å²) in [6.07, 6.45) is 1.74. The van der Waals surface area contributed by atoms with Gasteiger partial charge in [-0.15, -0.1) is 0 Å². The van der Waals surface area contributed by atoms with Crippen LogP contribution >= 0.6 is 0 Å². The molecule has 2 fully saturated rings. The second-order valence-corrected chi connectivity index (χ2v) is 7.29. The van der Waals surface area contributed by atoms with E-state index >= 15 is 0 Å². The molecule has 2 atom stereocenters. The normalized spacial score (nSPS) is 22.8. The number of methoxy groups -OCH3 is 1. The van der Waals surface area contributed by atoms with Gasteiger partial charge in [0.2, 0.25) is 5.91 Å². The molecular weight excluding hydrogens is 316 g/mol. The van der Waals surface area contributed by atoms with Crippen LogP contribution < -0.4 is 4.74 Å². The number of ether oxygens (including phenoxy) is 2. The van der Waals surface area contributed by atoms with Gasteiger partial charge in [0.1, 0.15) is 5.75 Å². The molecule has 2 aliphatic rings. The molecule has 1 amide bonds. The number of piperazine rings is 1. The molecule has 0 radical (unpaired) electrons. The van der Waals surface area contributed by atoms with Crippen molar-refractivity contribution in [2.24, 2.45) is 5.92 Å². The summed E-state index contributed by atoms with van der Waals surface area (Å²) in [5.41, 5.74) is 1.16. The van der Waals surface area contributed by atoms with E-state index in [1.165, 1.54) is 6.42 Å². The van der Waals surface area contributed by atoms with E-state index in [9.17, 15) is 4.79 Å². The minimum absolute atomic E-state index is 0.205. The second kappa shape index (κ2) is 8.68. The molecule has 2 saturated heterocycles. The minimum Gasteiger partial charge on any atom is -0.497 e. The highest BCUT2D eigenvalue weighted by molar-refractivity contribution is 5.77. The van der Waals surface area contributed by atoms with Gasteiger partial charge in [-0.2, -0.15) is 0 Å². The molecule has 25 heavy (non-hydrogen) atoms. The van der Waals surface area contributed by atoms with Gasteiger partial charge in [0.05, 0.1) is 13.7 Å². The first kappa shape index (κ1) is 18.2. The van der Waals surface area contributed by atoms with Crippen molar-refractivity contribution in [1.29, 1.82) is 0 Å². The van der Waals surface area contributed by atoms with Crippen molar-refractivity contribution in [3.8, 4) is 5.75 Å². The highest BCUT2D eigenvalue weighted by atomic mass is 16.5. The van der Waals surface area contributed by atoms with Crippen LogP contribution in [0, 0.1) is 5.92 Å². The number of rotatable bonds is 6. The van der Waals surface area contributed by atoms with E-state index in [1.807, 2.05) is 23.1 Å². The van der Waals surface area contributed by atoms with E-state index in [-0.39, 0.29) is 11.8 Å². The maximum Gasteiger partial charge on any atom is 0.223 e. The summed E-state index contributed by atoms with van der Waals surface area (Å²) in [5, 5.41) is 0. The number of hydrogen-bond donors (Lipinski definition) is 0. The lowest BCUT2D eigenvalue weighted by atomic mass is 9.97. The van der Waals surface area contributed by atoms with Crippen molar-refractivity contribution in [1.82, 2.24) is 9.80 Å². The van der Waals surface area contributed by atoms with Gasteiger partial charge in [0.25, 0.3) is 0 Å². The number of carbonyl (C=O) groups excluding carboxylic acids is 1. The second-order valence-electron chi connectivity index (χ2n) is 7.29. The Balaban J connectivity index is 1.45. The summed E-state index contributed by atoms with van der Waals surface area (Å²) in [6.45, 7) is 8.69. The van der Waals surface area contributed by atoms with Gasteiger partial charge < -0.3 is 14.4 Å². The fourth-order valence-electron chi connectivity index (χ4n) is 3.73. The third-order valence-electron chi connectivity index (χ3n) is 5.41. The molecule has 3 rings (SSSR count). The van der Waals surface area contributed by atoms with E-state index in [2.05, 4.69) is 17.9 Å². The Labute approximate surface area is 150 Å². The van der Waals surface area contributed by atoms with Crippen molar-refractivity contribution in [2.45, 2.75) is 25.7 Å². The number of benzene rings is 1. The molecule has 5 heteroatoms. The van der Waals surface area contributed by atoms with Gasteiger partial charge in [0.15, 0.2) is 0 Å². The van der Waals surface area contributed by atoms with Gasteiger partial charge in [-0.05, 0) is 36.0 Å². The Morgan fingerprint density at radius 3 is 2.80 bits per heavy atom. The average molecular weight is 346 g/mol. The molecule has 5 nitrogen and oxygen atoms in total. The molecule has 2 heterocycles. The fourth-order valence-corrected chi connectivity index (χ4v) is 3.73. The van der Waals surface area contributed by atoms with Crippen LogP contribution in [0.25, 0.3) is 0 Å². The van der Waals surface area contributed by atoms with E-state index in [0.29, 0.717) is 12.3 Å². The van der Waals surface area contributed by atoms with E-state index in [0.717, 1.165) is 57.3 Å². The zero-order valence-corrected chi connectivity index (χ0v) is 15.4. The molecule has 0 aromatic heterocycles. The summed E-state index contributed by atoms with van der Waals surface area (Å²) in [6, 6.07) is 8.02. The highest BCUT2D eigenvalue weighted by Crippen LogP contribution is 2.24. The molecule has 0 saturated carbocycles. The number of hydrogen-bond acceptors (Lipinski definition) is 4. The van der Waals surface area contributed by atoms with Crippen molar-refractivity contribution < 1.29 is 14.3 Å². The predicted molar refractivity (Wildman–Crippen MR) is 98.0 cm³/mol. The standard InChI is InChI=1S/C20H30N2O3/c1-16(18-4-3-5-19(13-18)24-2)12-20(23)22-9-7-21(8-10-22)14-17-6-11-25-15-17/h3-5,13,16-17H,6-12,14-15H2,1-2H3/t16-,17+/m1/s1. The Kier molecular flexibility index (Phi) is 6.32. The number of amides is 1. The Hall–Kier alpha value is -1.59. The van der Waals surface area contributed by atoms with Crippen LogP contribution in [-0.2, 0) is 9.53 Å². The van der Waals surface area contributed by atoms with Crippen LogP contribution in [0.4, 0.5) is 0 Å². The Bertz CT molecular complexity index is 564. The molecule has 1 aromatic rings. The van der Waals surface area contributed by atoms with Gasteiger partial charge in [0, 0.05) is 45.8 Å². The van der Waals surface area contributed by atoms with Gasteiger partial charge in [-0.1, -0.05) is 19.1 Å². The molecule has 0 bridgehead atoms. The first-order valence-corrected chi connectivity index (χ1v) is 9.37. The average Bonchev–Trinajstić information content (AvgIpc) is 3.15. The largest absolute Gasteiger partial charge is 0.497 e. The molecular formula is C20H30N2O3. The van der Waals surface area contributed by atoms with Crippen LogP contribution in [0.1, 0.15) is 31.2 Å². The van der Waals surface area contributed by atoms with Gasteiger partial charge in [-0.3, -0.25) is 9.69 Å². The summed E-state index contributed by atoms with van der Waals surface area (Å²) >= 11 is 0. The van der Waals surface area contributed by atoms with E-state index in [4.69, 9.17) is 9.47 Å². The lowest BCUT2D eigenvalue weighted by Gasteiger charge is -2.36. The summed E-state index contributed by atoms with van der Waals surface area (Å²) in [4.78, 5) is 17.2.